The Balaban J connectivity index is 2.21. The number of hydrogen-bond acceptors (Lipinski definition) is 3. The van der Waals surface area contributed by atoms with Gasteiger partial charge in [-0.25, -0.2) is 5.43 Å². The lowest BCUT2D eigenvalue weighted by Gasteiger charge is -2.10. The first-order chi connectivity index (χ1) is 6.27. The second-order valence-electron chi connectivity index (χ2n) is 3.54. The van der Waals surface area contributed by atoms with Crippen LogP contribution in [0.15, 0.2) is 24.3 Å². The summed E-state index contributed by atoms with van der Waals surface area (Å²) in [5.74, 6) is 0.371. The van der Waals surface area contributed by atoms with Gasteiger partial charge in [-0.2, -0.15) is 0 Å². The van der Waals surface area contributed by atoms with Crippen molar-refractivity contribution in [1.29, 1.82) is 0 Å². The SMILES string of the molecule is CC1CC(c2ccccc2O)NN1. The highest BCUT2D eigenvalue weighted by Crippen LogP contribution is 2.28. The third-order valence-electron chi connectivity index (χ3n) is 2.41. The Labute approximate surface area is 77.7 Å². The van der Waals surface area contributed by atoms with Crippen molar-refractivity contribution in [3.05, 3.63) is 29.8 Å². The van der Waals surface area contributed by atoms with Crippen LogP contribution in [0.3, 0.4) is 0 Å². The van der Waals surface area contributed by atoms with E-state index in [-0.39, 0.29) is 6.04 Å². The lowest BCUT2D eigenvalue weighted by molar-refractivity contribution is 0.453. The summed E-state index contributed by atoms with van der Waals surface area (Å²) in [5, 5.41) is 9.59. The lowest BCUT2D eigenvalue weighted by Crippen LogP contribution is -2.28. The lowest BCUT2D eigenvalue weighted by atomic mass is 10.0. The molecule has 70 valence electrons. The number of hydrogen-bond donors (Lipinski definition) is 3. The molecule has 2 rings (SSSR count). The van der Waals surface area contributed by atoms with Crippen LogP contribution in [0.5, 0.6) is 5.75 Å². The van der Waals surface area contributed by atoms with E-state index in [2.05, 4.69) is 17.8 Å². The van der Waals surface area contributed by atoms with Crippen LogP contribution < -0.4 is 10.9 Å². The van der Waals surface area contributed by atoms with Gasteiger partial charge < -0.3 is 5.11 Å². The summed E-state index contributed by atoms with van der Waals surface area (Å²) in [4.78, 5) is 0. The Hall–Kier alpha value is -1.06. The summed E-state index contributed by atoms with van der Waals surface area (Å²) < 4.78 is 0. The van der Waals surface area contributed by atoms with Gasteiger partial charge in [0.2, 0.25) is 0 Å². The van der Waals surface area contributed by atoms with Crippen molar-refractivity contribution in [3.8, 4) is 5.75 Å². The van der Waals surface area contributed by atoms with Gasteiger partial charge in [0.15, 0.2) is 0 Å². The fourth-order valence-electron chi connectivity index (χ4n) is 1.70. The standard InChI is InChI=1S/C10H14N2O/c1-7-6-9(12-11-7)8-4-2-3-5-10(8)13/h2-5,7,9,11-13H,6H2,1H3. The van der Waals surface area contributed by atoms with E-state index in [0.29, 0.717) is 11.8 Å². The minimum absolute atomic E-state index is 0.233. The molecule has 1 aliphatic rings. The van der Waals surface area contributed by atoms with Gasteiger partial charge in [0.25, 0.3) is 0 Å². The van der Waals surface area contributed by atoms with E-state index in [1.807, 2.05) is 18.2 Å². The average Bonchev–Trinajstić information content (AvgIpc) is 2.53. The fraction of sp³-hybridized carbons (Fsp3) is 0.400. The van der Waals surface area contributed by atoms with Crippen molar-refractivity contribution in [2.45, 2.75) is 25.4 Å². The molecule has 1 fully saturated rings. The number of phenols is 1. The van der Waals surface area contributed by atoms with E-state index in [0.717, 1.165) is 12.0 Å². The average molecular weight is 178 g/mol. The molecule has 3 heteroatoms. The molecular weight excluding hydrogens is 164 g/mol. The fourth-order valence-corrected chi connectivity index (χ4v) is 1.70. The number of rotatable bonds is 1. The minimum Gasteiger partial charge on any atom is -0.508 e. The van der Waals surface area contributed by atoms with Crippen molar-refractivity contribution in [1.82, 2.24) is 10.9 Å². The van der Waals surface area contributed by atoms with Gasteiger partial charge in [-0.3, -0.25) is 5.43 Å². The van der Waals surface area contributed by atoms with Crippen LogP contribution in [0, 0.1) is 0 Å². The van der Waals surface area contributed by atoms with Crippen LogP contribution in [0.2, 0.25) is 0 Å². The largest absolute Gasteiger partial charge is 0.508 e. The Morgan fingerprint density at radius 1 is 1.31 bits per heavy atom. The summed E-state index contributed by atoms with van der Waals surface area (Å²) >= 11 is 0. The molecule has 1 aromatic rings. The molecule has 1 heterocycles. The van der Waals surface area contributed by atoms with Crippen molar-refractivity contribution in [2.75, 3.05) is 0 Å². The predicted octanol–water partition coefficient (Wildman–Crippen LogP) is 1.32. The molecule has 1 saturated heterocycles. The molecule has 1 aliphatic heterocycles. The van der Waals surface area contributed by atoms with Gasteiger partial charge in [0.05, 0.1) is 6.04 Å². The highest BCUT2D eigenvalue weighted by atomic mass is 16.3. The van der Waals surface area contributed by atoms with Gasteiger partial charge in [-0.1, -0.05) is 18.2 Å². The van der Waals surface area contributed by atoms with Gasteiger partial charge in [-0.05, 0) is 19.4 Å². The van der Waals surface area contributed by atoms with E-state index >= 15 is 0 Å². The molecule has 13 heavy (non-hydrogen) atoms. The number of para-hydroxylation sites is 1. The van der Waals surface area contributed by atoms with Gasteiger partial charge in [0.1, 0.15) is 5.75 Å². The third kappa shape index (κ3) is 1.66. The number of phenolic OH excluding ortho intramolecular Hbond substituents is 1. The first kappa shape index (κ1) is 8.53. The molecular formula is C10H14N2O. The van der Waals surface area contributed by atoms with E-state index in [1.54, 1.807) is 6.07 Å². The number of nitrogens with one attached hydrogen (secondary N) is 2. The monoisotopic (exact) mass is 178 g/mol. The molecule has 3 N–H and O–H groups in total. The first-order valence-corrected chi connectivity index (χ1v) is 4.56. The van der Waals surface area contributed by atoms with E-state index in [1.165, 1.54) is 0 Å². The summed E-state index contributed by atoms with van der Waals surface area (Å²) in [6.45, 7) is 2.12. The van der Waals surface area contributed by atoms with Crippen LogP contribution in [-0.2, 0) is 0 Å². The molecule has 0 amide bonds. The van der Waals surface area contributed by atoms with Crippen LogP contribution in [-0.4, -0.2) is 11.1 Å². The van der Waals surface area contributed by atoms with Crippen LogP contribution in [0.25, 0.3) is 0 Å². The van der Waals surface area contributed by atoms with Crippen molar-refractivity contribution < 1.29 is 5.11 Å². The summed E-state index contributed by atoms with van der Waals surface area (Å²) in [7, 11) is 0. The molecule has 2 atom stereocenters. The Morgan fingerprint density at radius 3 is 2.69 bits per heavy atom. The second kappa shape index (κ2) is 3.36. The molecule has 0 aromatic heterocycles. The van der Waals surface area contributed by atoms with Crippen LogP contribution in [0.1, 0.15) is 24.9 Å². The van der Waals surface area contributed by atoms with E-state index in [4.69, 9.17) is 0 Å². The smallest absolute Gasteiger partial charge is 0.120 e. The van der Waals surface area contributed by atoms with Crippen LogP contribution >= 0.6 is 0 Å². The maximum Gasteiger partial charge on any atom is 0.120 e. The Bertz CT molecular complexity index is 301. The van der Waals surface area contributed by atoms with Crippen molar-refractivity contribution in [2.24, 2.45) is 0 Å². The number of hydrazine groups is 1. The molecule has 0 aliphatic carbocycles. The quantitative estimate of drug-likeness (QED) is 0.607. The van der Waals surface area contributed by atoms with Gasteiger partial charge >= 0.3 is 0 Å². The summed E-state index contributed by atoms with van der Waals surface area (Å²) in [6.07, 6.45) is 1.01. The molecule has 0 radical (unpaired) electrons. The summed E-state index contributed by atoms with van der Waals surface area (Å²) in [5.41, 5.74) is 7.26. The molecule has 0 saturated carbocycles. The zero-order valence-corrected chi connectivity index (χ0v) is 7.62. The maximum atomic E-state index is 9.59. The minimum atomic E-state index is 0.233. The van der Waals surface area contributed by atoms with Crippen LogP contribution in [0.4, 0.5) is 0 Å². The highest BCUT2D eigenvalue weighted by molar-refractivity contribution is 5.34. The second-order valence-corrected chi connectivity index (χ2v) is 3.54. The number of aromatic hydroxyl groups is 1. The van der Waals surface area contributed by atoms with Gasteiger partial charge in [0, 0.05) is 11.6 Å². The Kier molecular flexibility index (Phi) is 2.20. The van der Waals surface area contributed by atoms with Crippen molar-refractivity contribution in [3.63, 3.8) is 0 Å². The molecule has 2 unspecified atom stereocenters. The summed E-state index contributed by atoms with van der Waals surface area (Å²) in [6, 6.07) is 8.15. The molecule has 1 aromatic carbocycles. The molecule has 0 spiro atoms. The maximum absolute atomic E-state index is 9.59. The van der Waals surface area contributed by atoms with Gasteiger partial charge in [-0.15, -0.1) is 0 Å². The van der Waals surface area contributed by atoms with E-state index < -0.39 is 0 Å². The predicted molar refractivity (Wildman–Crippen MR) is 51.2 cm³/mol. The normalized spacial score (nSPS) is 27.8. The zero-order valence-electron chi connectivity index (χ0n) is 7.62. The van der Waals surface area contributed by atoms with E-state index in [9.17, 15) is 5.11 Å². The third-order valence-corrected chi connectivity index (χ3v) is 2.41. The highest BCUT2D eigenvalue weighted by Gasteiger charge is 2.23. The zero-order chi connectivity index (χ0) is 9.26. The van der Waals surface area contributed by atoms with Crippen molar-refractivity contribution >= 4 is 0 Å². The molecule has 0 bridgehead atoms. The topological polar surface area (TPSA) is 44.3 Å². The first-order valence-electron chi connectivity index (χ1n) is 4.56. The Morgan fingerprint density at radius 2 is 2.08 bits per heavy atom. The molecule has 3 nitrogen and oxygen atoms in total. The number of benzene rings is 1.